The second-order valence-corrected chi connectivity index (χ2v) is 14.8. The van der Waals surface area contributed by atoms with Gasteiger partial charge in [0.05, 0.1) is 19.2 Å². The molecule has 1 aromatic carbocycles. The molecule has 1 aromatic heterocycles. The third-order valence-corrected chi connectivity index (χ3v) is 11.1. The molecule has 8 heteroatoms. The lowest BCUT2D eigenvalue weighted by atomic mass is 10.1. The Balaban J connectivity index is 1.93. The van der Waals surface area contributed by atoms with Crippen LogP contribution < -0.4 is 9.80 Å². The number of amides is 2. The highest BCUT2D eigenvalue weighted by Gasteiger charge is 2.40. The molecule has 0 N–H and O–H groups in total. The van der Waals surface area contributed by atoms with Gasteiger partial charge >= 0.3 is 6.03 Å². The van der Waals surface area contributed by atoms with Gasteiger partial charge in [-0.25, -0.2) is 9.78 Å². The summed E-state index contributed by atoms with van der Waals surface area (Å²) in [4.78, 5) is 25.6. The lowest BCUT2D eigenvalue weighted by Crippen LogP contribution is -2.54. The highest BCUT2D eigenvalue weighted by Crippen LogP contribution is 2.37. The second-order valence-electron chi connectivity index (χ2n) is 9.67. The van der Waals surface area contributed by atoms with Gasteiger partial charge < -0.3 is 4.43 Å². The van der Waals surface area contributed by atoms with Crippen LogP contribution in [0.25, 0.3) is 0 Å². The third-order valence-electron chi connectivity index (χ3n) is 6.39. The summed E-state index contributed by atoms with van der Waals surface area (Å²) < 4.78 is 6.42. The van der Waals surface area contributed by atoms with E-state index in [1.165, 1.54) is 5.56 Å². The molecule has 0 bridgehead atoms. The van der Waals surface area contributed by atoms with Gasteiger partial charge in [-0.15, -0.1) is 0 Å². The van der Waals surface area contributed by atoms with Crippen LogP contribution in [-0.2, 0) is 17.4 Å². The minimum atomic E-state index is -1.96. The van der Waals surface area contributed by atoms with Crippen molar-refractivity contribution in [3.8, 4) is 0 Å². The molecule has 31 heavy (non-hydrogen) atoms. The fourth-order valence-corrected chi connectivity index (χ4v) is 4.51. The van der Waals surface area contributed by atoms with Gasteiger partial charge in [0, 0.05) is 17.4 Å². The molecule has 0 saturated heterocycles. The number of anilines is 2. The lowest BCUT2D eigenvalue weighted by molar-refractivity contribution is 0.234. The smallest absolute Gasteiger partial charge is 0.330 e. The summed E-state index contributed by atoms with van der Waals surface area (Å²) in [6.45, 7) is 16.0. The Morgan fingerprint density at radius 1 is 1.23 bits per heavy atom. The molecule has 1 aliphatic heterocycles. The Labute approximate surface area is 191 Å². The van der Waals surface area contributed by atoms with Crippen molar-refractivity contribution in [3.05, 3.63) is 46.9 Å². The molecule has 168 valence electrons. The molecular weight excluding hydrogens is 428 g/mol. The van der Waals surface area contributed by atoms with Gasteiger partial charge in [-0.3, -0.25) is 9.80 Å². The van der Waals surface area contributed by atoms with Gasteiger partial charge in [-0.1, -0.05) is 39.8 Å². The zero-order chi connectivity index (χ0) is 23.0. The Morgan fingerprint density at radius 2 is 1.87 bits per heavy atom. The van der Waals surface area contributed by atoms with E-state index in [-0.39, 0.29) is 22.4 Å². The summed E-state index contributed by atoms with van der Waals surface area (Å²) in [7, 11) is -1.96. The predicted octanol–water partition coefficient (Wildman–Crippen LogP) is 6.05. The number of nitrogens with zero attached hydrogens (tertiary/aromatic N) is 4. The molecular formula is C23H33ClN4O2Si. The number of rotatable bonds is 6. The maximum Gasteiger partial charge on any atom is 0.330 e. The fraction of sp³-hybridized carbons (Fsp3) is 0.522. The monoisotopic (exact) mass is 460 g/mol. The van der Waals surface area contributed by atoms with Crippen LogP contribution in [0.3, 0.4) is 0 Å². The average Bonchev–Trinajstić information content (AvgIpc) is 2.71. The Kier molecular flexibility index (Phi) is 6.79. The van der Waals surface area contributed by atoms with Crippen LogP contribution in [0.1, 0.15) is 45.7 Å². The Morgan fingerprint density at radius 3 is 2.45 bits per heavy atom. The van der Waals surface area contributed by atoms with Crippen molar-refractivity contribution in [1.29, 1.82) is 0 Å². The first-order valence-corrected chi connectivity index (χ1v) is 14.1. The van der Waals surface area contributed by atoms with Crippen molar-refractivity contribution in [2.75, 3.05) is 16.4 Å². The van der Waals surface area contributed by atoms with Crippen molar-refractivity contribution in [2.24, 2.45) is 0 Å². The molecule has 3 rings (SSSR count). The first-order valence-electron chi connectivity index (χ1n) is 10.8. The Hall–Kier alpha value is -1.96. The van der Waals surface area contributed by atoms with E-state index < -0.39 is 8.32 Å². The minimum Gasteiger partial charge on any atom is -0.415 e. The molecule has 0 unspecified atom stereocenters. The number of aromatic nitrogens is 2. The quantitative estimate of drug-likeness (QED) is 0.389. The number of benzene rings is 1. The van der Waals surface area contributed by atoms with E-state index in [2.05, 4.69) is 62.9 Å². The van der Waals surface area contributed by atoms with Gasteiger partial charge in [-0.05, 0) is 60.8 Å². The number of hydrogen-bond donors (Lipinski definition) is 0. The molecule has 0 aliphatic carbocycles. The normalized spacial score (nSPS) is 15.8. The molecule has 0 spiro atoms. The number of urea groups is 1. The van der Waals surface area contributed by atoms with Crippen LogP contribution in [0, 0.1) is 0 Å². The predicted molar refractivity (Wildman–Crippen MR) is 130 cm³/mol. The topological polar surface area (TPSA) is 58.6 Å². The van der Waals surface area contributed by atoms with Crippen molar-refractivity contribution >= 4 is 37.5 Å². The van der Waals surface area contributed by atoms with Gasteiger partial charge in [0.1, 0.15) is 5.82 Å². The third kappa shape index (κ3) is 4.94. The van der Waals surface area contributed by atoms with E-state index in [9.17, 15) is 4.79 Å². The number of carbonyl (C=O) groups is 1. The molecule has 6 nitrogen and oxygen atoms in total. The summed E-state index contributed by atoms with van der Waals surface area (Å²) in [5.41, 5.74) is 2.95. The zero-order valence-corrected chi connectivity index (χ0v) is 21.3. The van der Waals surface area contributed by atoms with E-state index in [0.717, 1.165) is 17.7 Å². The SMILES string of the molecule is CCc1ccc(N2Cc3cnc(Cl)nc3N([C@H](C)CO[Si](C)(C)C(C)(C)C)C2=O)cc1. The summed E-state index contributed by atoms with van der Waals surface area (Å²) in [6, 6.07) is 7.78. The van der Waals surface area contributed by atoms with E-state index in [1.807, 2.05) is 19.1 Å². The van der Waals surface area contributed by atoms with E-state index in [4.69, 9.17) is 16.0 Å². The zero-order valence-electron chi connectivity index (χ0n) is 19.6. The van der Waals surface area contributed by atoms with Crippen LogP contribution in [0.4, 0.5) is 16.3 Å². The van der Waals surface area contributed by atoms with Crippen LogP contribution in [0.2, 0.25) is 23.4 Å². The summed E-state index contributed by atoms with van der Waals surface area (Å²) in [6.07, 6.45) is 2.66. The lowest BCUT2D eigenvalue weighted by Gasteiger charge is -2.41. The van der Waals surface area contributed by atoms with Gasteiger partial charge in [0.2, 0.25) is 5.28 Å². The number of halogens is 1. The second kappa shape index (κ2) is 8.88. The highest BCUT2D eigenvalue weighted by atomic mass is 35.5. The van der Waals surface area contributed by atoms with Crippen LogP contribution >= 0.6 is 11.6 Å². The number of carbonyl (C=O) groups excluding carboxylic acids is 1. The summed E-state index contributed by atoms with van der Waals surface area (Å²) >= 11 is 6.09. The first-order chi connectivity index (χ1) is 14.4. The first kappa shape index (κ1) is 23.7. The highest BCUT2D eigenvalue weighted by molar-refractivity contribution is 6.74. The van der Waals surface area contributed by atoms with Gasteiger partial charge in [0.25, 0.3) is 0 Å². The van der Waals surface area contributed by atoms with Crippen molar-refractivity contribution < 1.29 is 9.22 Å². The number of fused-ring (bicyclic) bond motifs is 1. The van der Waals surface area contributed by atoms with E-state index in [1.54, 1.807) is 16.0 Å². The van der Waals surface area contributed by atoms with Crippen LogP contribution in [0.15, 0.2) is 30.5 Å². The van der Waals surface area contributed by atoms with Gasteiger partial charge in [-0.2, -0.15) is 4.98 Å². The van der Waals surface area contributed by atoms with Crippen LogP contribution in [0.5, 0.6) is 0 Å². The molecule has 2 heterocycles. The molecule has 2 amide bonds. The van der Waals surface area contributed by atoms with E-state index >= 15 is 0 Å². The number of aryl methyl sites for hydroxylation is 1. The molecule has 0 fully saturated rings. The fourth-order valence-electron chi connectivity index (χ4n) is 3.29. The molecule has 1 atom stereocenters. The van der Waals surface area contributed by atoms with Crippen molar-refractivity contribution in [2.45, 2.75) is 71.8 Å². The van der Waals surface area contributed by atoms with Gasteiger partial charge in [0.15, 0.2) is 8.32 Å². The number of hydrogen-bond acceptors (Lipinski definition) is 4. The van der Waals surface area contributed by atoms with Crippen molar-refractivity contribution in [3.63, 3.8) is 0 Å². The molecule has 0 radical (unpaired) electrons. The van der Waals surface area contributed by atoms with Crippen LogP contribution in [-0.4, -0.2) is 37.0 Å². The molecule has 2 aromatic rings. The molecule has 0 saturated carbocycles. The average molecular weight is 461 g/mol. The summed E-state index contributed by atoms with van der Waals surface area (Å²) in [5.74, 6) is 0.567. The standard InChI is InChI=1S/C23H33ClN4O2Si/c1-8-17-9-11-19(12-10-17)27-14-18-13-25-21(24)26-20(18)28(22(27)29)16(2)15-30-31(6,7)23(3,4)5/h9-13,16H,8,14-15H2,1-7H3/t16-/m1/s1. The minimum absolute atomic E-state index is 0.0923. The summed E-state index contributed by atoms with van der Waals surface area (Å²) in [5, 5.41) is 0.226. The largest absolute Gasteiger partial charge is 0.415 e. The van der Waals surface area contributed by atoms with E-state index in [0.29, 0.717) is 19.0 Å². The maximum absolute atomic E-state index is 13.6. The van der Waals surface area contributed by atoms with Crippen molar-refractivity contribution in [1.82, 2.24) is 9.97 Å². The maximum atomic E-state index is 13.6. The molecule has 1 aliphatic rings. The Bertz CT molecular complexity index is 944.